The van der Waals surface area contributed by atoms with Crippen LogP contribution in [0.2, 0.25) is 0 Å². The number of aryl methyl sites for hydroxylation is 1. The number of benzene rings is 1. The number of aromatic nitrogens is 1. The SMILES string of the molecule is CCc1c[nH]c2c(F)c(B3OC(C)(C)C(C)(C)O3)ccc12. The molecule has 0 atom stereocenters. The van der Waals surface area contributed by atoms with Crippen molar-refractivity contribution < 1.29 is 13.7 Å². The molecule has 112 valence electrons. The Hall–Kier alpha value is -1.33. The molecule has 3 nitrogen and oxygen atoms in total. The van der Waals surface area contributed by atoms with Gasteiger partial charge in [0.25, 0.3) is 0 Å². The van der Waals surface area contributed by atoms with Crippen molar-refractivity contribution in [1.29, 1.82) is 0 Å². The minimum atomic E-state index is -0.673. The van der Waals surface area contributed by atoms with Gasteiger partial charge < -0.3 is 14.3 Å². The van der Waals surface area contributed by atoms with Gasteiger partial charge in [-0.25, -0.2) is 4.39 Å². The quantitative estimate of drug-likeness (QED) is 0.862. The Morgan fingerprint density at radius 3 is 2.33 bits per heavy atom. The summed E-state index contributed by atoms with van der Waals surface area (Å²) >= 11 is 0. The molecule has 0 aliphatic carbocycles. The van der Waals surface area contributed by atoms with Crippen molar-refractivity contribution in [3.63, 3.8) is 0 Å². The van der Waals surface area contributed by atoms with Crippen LogP contribution in [0.5, 0.6) is 0 Å². The number of rotatable bonds is 2. The zero-order chi connectivity index (χ0) is 15.4. The summed E-state index contributed by atoms with van der Waals surface area (Å²) < 4.78 is 26.7. The van der Waals surface area contributed by atoms with Crippen molar-refractivity contribution in [1.82, 2.24) is 4.98 Å². The first-order valence-electron chi connectivity index (χ1n) is 7.41. The van der Waals surface area contributed by atoms with Crippen LogP contribution in [0.1, 0.15) is 40.2 Å². The Bertz CT molecular complexity index is 677. The zero-order valence-corrected chi connectivity index (χ0v) is 13.2. The van der Waals surface area contributed by atoms with E-state index in [1.165, 1.54) is 0 Å². The summed E-state index contributed by atoms with van der Waals surface area (Å²) in [6.45, 7) is 9.92. The highest BCUT2D eigenvalue weighted by Crippen LogP contribution is 2.37. The molecule has 1 aliphatic rings. The highest BCUT2D eigenvalue weighted by molar-refractivity contribution is 6.62. The molecular weight excluding hydrogens is 268 g/mol. The molecule has 0 spiro atoms. The van der Waals surface area contributed by atoms with Gasteiger partial charge in [-0.05, 0) is 39.7 Å². The van der Waals surface area contributed by atoms with E-state index in [1.54, 1.807) is 6.07 Å². The van der Waals surface area contributed by atoms with E-state index in [1.807, 2.05) is 40.0 Å². The molecular formula is C16H21BFNO2. The van der Waals surface area contributed by atoms with E-state index in [0.717, 1.165) is 17.4 Å². The van der Waals surface area contributed by atoms with Crippen LogP contribution < -0.4 is 5.46 Å². The summed E-state index contributed by atoms with van der Waals surface area (Å²) in [5.74, 6) is -0.286. The smallest absolute Gasteiger partial charge is 0.399 e. The first-order chi connectivity index (χ1) is 9.77. The summed E-state index contributed by atoms with van der Waals surface area (Å²) in [6.07, 6.45) is 2.73. The number of nitrogens with one attached hydrogen (secondary N) is 1. The fourth-order valence-electron chi connectivity index (χ4n) is 2.68. The van der Waals surface area contributed by atoms with E-state index in [-0.39, 0.29) is 5.82 Å². The lowest BCUT2D eigenvalue weighted by Gasteiger charge is -2.32. The van der Waals surface area contributed by atoms with E-state index >= 15 is 0 Å². The molecule has 3 rings (SSSR count). The van der Waals surface area contributed by atoms with Crippen LogP contribution in [0.25, 0.3) is 10.9 Å². The molecule has 5 heteroatoms. The fraction of sp³-hybridized carbons (Fsp3) is 0.500. The molecule has 1 fully saturated rings. The molecule has 1 saturated heterocycles. The highest BCUT2D eigenvalue weighted by Gasteiger charge is 2.52. The maximum Gasteiger partial charge on any atom is 0.497 e. The Morgan fingerprint density at radius 1 is 1.14 bits per heavy atom. The molecule has 0 bridgehead atoms. The van der Waals surface area contributed by atoms with E-state index in [2.05, 4.69) is 11.9 Å². The maximum absolute atomic E-state index is 14.8. The lowest BCUT2D eigenvalue weighted by atomic mass is 9.78. The van der Waals surface area contributed by atoms with Crippen LogP contribution in [-0.4, -0.2) is 23.3 Å². The number of aromatic amines is 1. The fourth-order valence-corrected chi connectivity index (χ4v) is 2.68. The Kier molecular flexibility index (Phi) is 3.19. The van der Waals surface area contributed by atoms with Gasteiger partial charge in [-0.1, -0.05) is 19.1 Å². The van der Waals surface area contributed by atoms with Crippen molar-refractivity contribution in [2.45, 2.75) is 52.2 Å². The molecule has 2 heterocycles. The second-order valence-electron chi connectivity index (χ2n) is 6.65. The van der Waals surface area contributed by atoms with Gasteiger partial charge in [0.2, 0.25) is 0 Å². The molecule has 0 saturated carbocycles. The number of halogens is 1. The van der Waals surface area contributed by atoms with Crippen LogP contribution >= 0.6 is 0 Å². The van der Waals surface area contributed by atoms with E-state index in [0.29, 0.717) is 11.0 Å². The van der Waals surface area contributed by atoms with Crippen LogP contribution in [0.4, 0.5) is 4.39 Å². The summed E-state index contributed by atoms with van der Waals surface area (Å²) in [6, 6.07) is 3.71. The average Bonchev–Trinajstić information content (AvgIpc) is 2.89. The van der Waals surface area contributed by atoms with Crippen LogP contribution in [0.15, 0.2) is 18.3 Å². The zero-order valence-electron chi connectivity index (χ0n) is 13.2. The van der Waals surface area contributed by atoms with Gasteiger partial charge in [0, 0.05) is 17.0 Å². The molecule has 1 N–H and O–H groups in total. The molecule has 1 aromatic carbocycles. The van der Waals surface area contributed by atoms with E-state index in [4.69, 9.17) is 9.31 Å². The summed E-state index contributed by atoms with van der Waals surface area (Å²) in [5, 5.41) is 0.926. The second kappa shape index (κ2) is 4.58. The predicted molar refractivity (Wildman–Crippen MR) is 83.4 cm³/mol. The third kappa shape index (κ3) is 2.10. The standard InChI is InChI=1S/C16H21BFNO2/c1-6-10-9-19-14-11(10)7-8-12(13(14)18)17-20-15(2,3)16(4,5)21-17/h7-9,19H,6H2,1-5H3. The van der Waals surface area contributed by atoms with Gasteiger partial charge >= 0.3 is 7.12 Å². The van der Waals surface area contributed by atoms with Crippen molar-refractivity contribution in [2.24, 2.45) is 0 Å². The van der Waals surface area contributed by atoms with Crippen molar-refractivity contribution >= 4 is 23.5 Å². The third-order valence-electron chi connectivity index (χ3n) is 4.80. The van der Waals surface area contributed by atoms with E-state index in [9.17, 15) is 4.39 Å². The predicted octanol–water partition coefficient (Wildman–Crippen LogP) is 3.17. The monoisotopic (exact) mass is 289 g/mol. The number of hydrogen-bond acceptors (Lipinski definition) is 2. The summed E-state index contributed by atoms with van der Waals surface area (Å²) in [7, 11) is -0.673. The van der Waals surface area contributed by atoms with Gasteiger partial charge in [0.05, 0.1) is 16.7 Å². The molecule has 0 amide bonds. The molecule has 0 radical (unpaired) electrons. The van der Waals surface area contributed by atoms with Crippen molar-refractivity contribution in [3.05, 3.63) is 29.7 Å². The molecule has 1 aliphatic heterocycles. The average molecular weight is 289 g/mol. The molecule has 1 aromatic heterocycles. The Labute approximate surface area is 125 Å². The number of hydrogen-bond donors (Lipinski definition) is 1. The lowest BCUT2D eigenvalue weighted by Crippen LogP contribution is -2.41. The number of H-pyrrole nitrogens is 1. The topological polar surface area (TPSA) is 34.2 Å². The molecule has 0 unspecified atom stereocenters. The molecule has 21 heavy (non-hydrogen) atoms. The first-order valence-corrected chi connectivity index (χ1v) is 7.41. The minimum absolute atomic E-state index is 0.286. The van der Waals surface area contributed by atoms with Gasteiger partial charge in [0.15, 0.2) is 0 Å². The largest absolute Gasteiger partial charge is 0.497 e. The van der Waals surface area contributed by atoms with Gasteiger partial charge in [-0.3, -0.25) is 0 Å². The second-order valence-corrected chi connectivity index (χ2v) is 6.65. The van der Waals surface area contributed by atoms with Gasteiger partial charge in [-0.2, -0.15) is 0 Å². The van der Waals surface area contributed by atoms with Crippen LogP contribution in [0.3, 0.4) is 0 Å². The van der Waals surface area contributed by atoms with Crippen molar-refractivity contribution in [3.8, 4) is 0 Å². The maximum atomic E-state index is 14.8. The third-order valence-corrected chi connectivity index (χ3v) is 4.80. The Morgan fingerprint density at radius 2 is 1.76 bits per heavy atom. The summed E-state index contributed by atoms with van der Waals surface area (Å²) in [4.78, 5) is 3.03. The normalized spacial score (nSPS) is 20.4. The minimum Gasteiger partial charge on any atom is -0.399 e. The van der Waals surface area contributed by atoms with Crippen LogP contribution in [-0.2, 0) is 15.7 Å². The Balaban J connectivity index is 2.05. The summed E-state index contributed by atoms with van der Waals surface area (Å²) in [5.41, 5.74) is 1.15. The number of fused-ring (bicyclic) bond motifs is 1. The van der Waals surface area contributed by atoms with Crippen molar-refractivity contribution in [2.75, 3.05) is 0 Å². The first kappa shape index (κ1) is 14.6. The van der Waals surface area contributed by atoms with E-state index < -0.39 is 18.3 Å². The molecule has 2 aromatic rings. The van der Waals surface area contributed by atoms with Crippen LogP contribution in [0, 0.1) is 5.82 Å². The van der Waals surface area contributed by atoms with Gasteiger partial charge in [0.1, 0.15) is 5.82 Å². The van der Waals surface area contributed by atoms with Gasteiger partial charge in [-0.15, -0.1) is 0 Å². The highest BCUT2D eigenvalue weighted by atomic mass is 19.1. The lowest BCUT2D eigenvalue weighted by molar-refractivity contribution is 0.00578.